The summed E-state index contributed by atoms with van der Waals surface area (Å²) in [6.07, 6.45) is -0.672. The summed E-state index contributed by atoms with van der Waals surface area (Å²) in [7, 11) is 0. The van der Waals surface area contributed by atoms with Gasteiger partial charge in [-0.1, -0.05) is 44.0 Å². The standard InChI is InChI=1S/C15H14Br2O2/c1-2-19-14-5-3-4-10(8-14)15(18)11-6-12(16)9-13(17)7-11/h3-9,15,18H,2H2,1H3. The number of hydrogen-bond donors (Lipinski definition) is 1. The average molecular weight is 386 g/mol. The second kappa shape index (κ2) is 6.55. The Hall–Kier alpha value is -0.840. The molecule has 0 aromatic heterocycles. The largest absolute Gasteiger partial charge is 0.494 e. The highest BCUT2D eigenvalue weighted by molar-refractivity contribution is 9.11. The summed E-state index contributed by atoms with van der Waals surface area (Å²) in [5.41, 5.74) is 1.64. The molecular formula is C15H14Br2O2. The molecule has 4 heteroatoms. The maximum absolute atomic E-state index is 10.4. The molecule has 0 saturated heterocycles. The van der Waals surface area contributed by atoms with Gasteiger partial charge in [-0.05, 0) is 48.4 Å². The van der Waals surface area contributed by atoms with Gasteiger partial charge in [0.05, 0.1) is 6.61 Å². The summed E-state index contributed by atoms with van der Waals surface area (Å²) in [6, 6.07) is 13.3. The van der Waals surface area contributed by atoms with Gasteiger partial charge in [0.15, 0.2) is 0 Å². The number of benzene rings is 2. The number of hydrogen-bond acceptors (Lipinski definition) is 2. The maximum Gasteiger partial charge on any atom is 0.119 e. The first kappa shape index (κ1) is 14.6. The Labute approximate surface area is 129 Å². The molecule has 19 heavy (non-hydrogen) atoms. The van der Waals surface area contributed by atoms with Crippen LogP contribution in [0.3, 0.4) is 0 Å². The third-order valence-electron chi connectivity index (χ3n) is 2.69. The fourth-order valence-electron chi connectivity index (χ4n) is 1.87. The van der Waals surface area contributed by atoms with E-state index < -0.39 is 6.10 Å². The molecule has 2 rings (SSSR count). The average Bonchev–Trinajstić information content (AvgIpc) is 2.37. The van der Waals surface area contributed by atoms with Crippen LogP contribution in [0.25, 0.3) is 0 Å². The third kappa shape index (κ3) is 3.81. The van der Waals surface area contributed by atoms with E-state index in [1.165, 1.54) is 0 Å². The Morgan fingerprint density at radius 2 is 1.74 bits per heavy atom. The van der Waals surface area contributed by atoms with Crippen molar-refractivity contribution >= 4 is 31.9 Å². The van der Waals surface area contributed by atoms with Crippen LogP contribution >= 0.6 is 31.9 Å². The molecular weight excluding hydrogens is 372 g/mol. The molecule has 0 amide bonds. The lowest BCUT2D eigenvalue weighted by Crippen LogP contribution is -2.01. The van der Waals surface area contributed by atoms with Gasteiger partial charge in [0.25, 0.3) is 0 Å². The van der Waals surface area contributed by atoms with Crippen molar-refractivity contribution in [3.8, 4) is 5.75 Å². The molecule has 0 aliphatic heterocycles. The van der Waals surface area contributed by atoms with Crippen molar-refractivity contribution in [3.05, 3.63) is 62.5 Å². The molecule has 0 bridgehead atoms. The molecule has 0 radical (unpaired) electrons. The van der Waals surface area contributed by atoms with Crippen molar-refractivity contribution in [2.24, 2.45) is 0 Å². The van der Waals surface area contributed by atoms with Gasteiger partial charge < -0.3 is 9.84 Å². The number of halogens is 2. The monoisotopic (exact) mass is 384 g/mol. The van der Waals surface area contributed by atoms with E-state index in [4.69, 9.17) is 4.74 Å². The Morgan fingerprint density at radius 1 is 1.05 bits per heavy atom. The predicted molar refractivity (Wildman–Crippen MR) is 83.5 cm³/mol. The third-order valence-corrected chi connectivity index (χ3v) is 3.60. The summed E-state index contributed by atoms with van der Waals surface area (Å²) in [4.78, 5) is 0. The summed E-state index contributed by atoms with van der Waals surface area (Å²) >= 11 is 6.85. The lowest BCUT2D eigenvalue weighted by Gasteiger charge is -2.14. The molecule has 0 aliphatic rings. The summed E-state index contributed by atoms with van der Waals surface area (Å²) < 4.78 is 7.31. The highest BCUT2D eigenvalue weighted by atomic mass is 79.9. The van der Waals surface area contributed by atoms with Crippen LogP contribution in [0.2, 0.25) is 0 Å². The van der Waals surface area contributed by atoms with Crippen LogP contribution in [0.5, 0.6) is 5.75 Å². The summed E-state index contributed by atoms with van der Waals surface area (Å²) in [6.45, 7) is 2.55. The van der Waals surface area contributed by atoms with Crippen molar-refractivity contribution in [1.82, 2.24) is 0 Å². The van der Waals surface area contributed by atoms with E-state index in [0.29, 0.717) is 6.61 Å². The Kier molecular flexibility index (Phi) is 5.02. The van der Waals surface area contributed by atoms with Crippen LogP contribution in [0.15, 0.2) is 51.4 Å². The quantitative estimate of drug-likeness (QED) is 0.826. The SMILES string of the molecule is CCOc1cccc(C(O)c2cc(Br)cc(Br)c2)c1. The zero-order chi connectivity index (χ0) is 13.8. The van der Waals surface area contributed by atoms with E-state index in [2.05, 4.69) is 31.9 Å². The molecule has 0 saturated carbocycles. The van der Waals surface area contributed by atoms with Crippen LogP contribution in [0.4, 0.5) is 0 Å². The van der Waals surface area contributed by atoms with E-state index in [0.717, 1.165) is 25.8 Å². The van der Waals surface area contributed by atoms with E-state index in [-0.39, 0.29) is 0 Å². The van der Waals surface area contributed by atoms with Gasteiger partial charge in [0.1, 0.15) is 11.9 Å². The smallest absolute Gasteiger partial charge is 0.119 e. The Balaban J connectivity index is 2.32. The second-order valence-electron chi connectivity index (χ2n) is 4.11. The van der Waals surface area contributed by atoms with Crippen LogP contribution in [0.1, 0.15) is 24.2 Å². The Bertz CT molecular complexity index is 550. The first-order valence-electron chi connectivity index (χ1n) is 5.97. The zero-order valence-electron chi connectivity index (χ0n) is 10.4. The van der Waals surface area contributed by atoms with Gasteiger partial charge in [-0.15, -0.1) is 0 Å². The molecule has 1 N–H and O–H groups in total. The van der Waals surface area contributed by atoms with Crippen LogP contribution in [-0.2, 0) is 0 Å². The molecule has 1 atom stereocenters. The van der Waals surface area contributed by atoms with Crippen molar-refractivity contribution in [2.75, 3.05) is 6.61 Å². The predicted octanol–water partition coefficient (Wildman–Crippen LogP) is 4.69. The fourth-order valence-corrected chi connectivity index (χ4v) is 3.20. The van der Waals surface area contributed by atoms with Crippen molar-refractivity contribution in [1.29, 1.82) is 0 Å². The number of rotatable bonds is 4. The van der Waals surface area contributed by atoms with Gasteiger partial charge in [-0.2, -0.15) is 0 Å². The minimum Gasteiger partial charge on any atom is -0.494 e. The highest BCUT2D eigenvalue weighted by Gasteiger charge is 2.12. The van der Waals surface area contributed by atoms with E-state index in [1.807, 2.05) is 49.4 Å². The second-order valence-corrected chi connectivity index (χ2v) is 5.94. The van der Waals surface area contributed by atoms with Gasteiger partial charge in [-0.25, -0.2) is 0 Å². The minimum absolute atomic E-state index is 0.613. The lowest BCUT2D eigenvalue weighted by atomic mass is 10.0. The molecule has 2 nitrogen and oxygen atoms in total. The van der Waals surface area contributed by atoms with Gasteiger partial charge in [-0.3, -0.25) is 0 Å². The number of aliphatic hydroxyl groups is 1. The molecule has 1 unspecified atom stereocenters. The zero-order valence-corrected chi connectivity index (χ0v) is 13.6. The van der Waals surface area contributed by atoms with Crippen molar-refractivity contribution < 1.29 is 9.84 Å². The van der Waals surface area contributed by atoms with Crippen molar-refractivity contribution in [3.63, 3.8) is 0 Å². The van der Waals surface area contributed by atoms with E-state index in [1.54, 1.807) is 0 Å². The number of ether oxygens (including phenoxy) is 1. The summed E-state index contributed by atoms with van der Waals surface area (Å²) in [5, 5.41) is 10.4. The fraction of sp³-hybridized carbons (Fsp3) is 0.200. The first-order chi connectivity index (χ1) is 9.10. The molecule has 0 heterocycles. The van der Waals surface area contributed by atoms with Gasteiger partial charge in [0, 0.05) is 8.95 Å². The van der Waals surface area contributed by atoms with Gasteiger partial charge >= 0.3 is 0 Å². The maximum atomic E-state index is 10.4. The molecule has 0 spiro atoms. The van der Waals surface area contributed by atoms with Crippen LogP contribution in [-0.4, -0.2) is 11.7 Å². The lowest BCUT2D eigenvalue weighted by molar-refractivity contribution is 0.219. The first-order valence-corrected chi connectivity index (χ1v) is 7.55. The topological polar surface area (TPSA) is 29.5 Å². The van der Waals surface area contributed by atoms with E-state index >= 15 is 0 Å². The molecule has 0 fully saturated rings. The van der Waals surface area contributed by atoms with E-state index in [9.17, 15) is 5.11 Å². The summed E-state index contributed by atoms with van der Waals surface area (Å²) in [5.74, 6) is 0.771. The van der Waals surface area contributed by atoms with Crippen LogP contribution < -0.4 is 4.74 Å². The van der Waals surface area contributed by atoms with Crippen LogP contribution in [0, 0.1) is 0 Å². The molecule has 100 valence electrons. The molecule has 2 aromatic rings. The highest BCUT2D eigenvalue weighted by Crippen LogP contribution is 2.29. The normalized spacial score (nSPS) is 12.2. The molecule has 0 aliphatic carbocycles. The van der Waals surface area contributed by atoms with Crippen molar-refractivity contribution in [2.45, 2.75) is 13.0 Å². The minimum atomic E-state index is -0.672. The van der Waals surface area contributed by atoms with Gasteiger partial charge in [0.2, 0.25) is 0 Å². The number of aliphatic hydroxyl groups excluding tert-OH is 1. The Morgan fingerprint density at radius 3 is 2.37 bits per heavy atom. The molecule has 2 aromatic carbocycles.